The fourth-order valence-corrected chi connectivity index (χ4v) is 5.23. The molecule has 1 fully saturated rings. The summed E-state index contributed by atoms with van der Waals surface area (Å²) in [6.45, 7) is 0. The van der Waals surface area contributed by atoms with Crippen molar-refractivity contribution in [3.05, 3.63) is 108 Å². The Kier molecular flexibility index (Phi) is 4.64. The molecule has 0 spiro atoms. The Morgan fingerprint density at radius 3 is 2.19 bits per heavy atom. The van der Waals surface area contributed by atoms with Gasteiger partial charge in [-0.05, 0) is 17.2 Å². The maximum atomic E-state index is 14.0. The number of nitriles is 1. The first kappa shape index (κ1) is 19.8. The first-order chi connectivity index (χ1) is 15.6. The second-order valence-corrected chi connectivity index (χ2v) is 8.18. The lowest BCUT2D eigenvalue weighted by atomic mass is 9.67. The van der Waals surface area contributed by atoms with Crippen LogP contribution < -0.4 is 10.6 Å². The molecule has 2 N–H and O–H groups in total. The number of anilines is 1. The van der Waals surface area contributed by atoms with E-state index in [-0.39, 0.29) is 5.78 Å². The average molecular weight is 419 g/mol. The Labute approximate surface area is 186 Å². The summed E-state index contributed by atoms with van der Waals surface area (Å²) in [6, 6.07) is 26.8. The zero-order valence-corrected chi connectivity index (χ0v) is 17.3. The minimum absolute atomic E-state index is 0.145. The number of ketones is 1. The molecular formula is C27H21N3O2. The summed E-state index contributed by atoms with van der Waals surface area (Å²) in [5.41, 5.74) is 7.37. The predicted molar refractivity (Wildman–Crippen MR) is 123 cm³/mol. The molecule has 0 radical (unpaired) electrons. The van der Waals surface area contributed by atoms with Crippen LogP contribution in [0, 0.1) is 16.7 Å². The number of rotatable bonds is 4. The predicted octanol–water partition coefficient (Wildman–Crippen LogP) is 3.93. The van der Waals surface area contributed by atoms with Gasteiger partial charge in [0.2, 0.25) is 5.91 Å². The van der Waals surface area contributed by atoms with Gasteiger partial charge in [-0.1, -0.05) is 91.0 Å². The number of Topliss-reactive ketones (excluding diaryl/α,β-unsaturated/α-hetero) is 1. The second kappa shape index (κ2) is 7.51. The van der Waals surface area contributed by atoms with E-state index in [9.17, 15) is 14.9 Å². The average Bonchev–Trinajstić information content (AvgIpc) is 3.16. The molecule has 156 valence electrons. The van der Waals surface area contributed by atoms with Crippen LogP contribution in [0.15, 0.2) is 91.0 Å². The van der Waals surface area contributed by atoms with Crippen molar-refractivity contribution in [2.75, 3.05) is 4.90 Å². The van der Waals surface area contributed by atoms with Gasteiger partial charge < -0.3 is 10.6 Å². The van der Waals surface area contributed by atoms with Crippen LogP contribution in [-0.2, 0) is 4.79 Å². The van der Waals surface area contributed by atoms with Crippen molar-refractivity contribution >= 4 is 23.5 Å². The number of carbonyl (C=O) groups excluding carboxylic acids is 2. The normalized spacial score (nSPS) is 25.5. The molecule has 1 amide bonds. The molecule has 32 heavy (non-hydrogen) atoms. The summed E-state index contributed by atoms with van der Waals surface area (Å²) in [4.78, 5) is 29.0. The smallest absolute Gasteiger partial charge is 0.241 e. The molecule has 0 aromatic heterocycles. The molecule has 2 aliphatic heterocycles. The maximum absolute atomic E-state index is 14.0. The number of para-hydroxylation sites is 1. The van der Waals surface area contributed by atoms with E-state index >= 15 is 0 Å². The van der Waals surface area contributed by atoms with Gasteiger partial charge in [-0.15, -0.1) is 0 Å². The van der Waals surface area contributed by atoms with E-state index in [0.717, 1.165) is 16.8 Å². The molecule has 0 bridgehead atoms. The van der Waals surface area contributed by atoms with Crippen molar-refractivity contribution in [1.82, 2.24) is 0 Å². The number of hydrogen-bond donors (Lipinski definition) is 1. The summed E-state index contributed by atoms with van der Waals surface area (Å²) < 4.78 is 0. The Balaban J connectivity index is 1.81. The fraction of sp³-hybridized carbons (Fsp3) is 0.148. The molecular weight excluding hydrogens is 398 g/mol. The number of nitrogens with two attached hydrogens (primary N) is 1. The van der Waals surface area contributed by atoms with Gasteiger partial charge in [-0.25, -0.2) is 0 Å². The van der Waals surface area contributed by atoms with Crippen LogP contribution in [0.1, 0.15) is 27.4 Å². The Bertz CT molecular complexity index is 1260. The molecule has 3 aromatic rings. The van der Waals surface area contributed by atoms with Crippen LogP contribution in [0.25, 0.3) is 6.08 Å². The van der Waals surface area contributed by atoms with Crippen molar-refractivity contribution in [1.29, 1.82) is 5.26 Å². The lowest BCUT2D eigenvalue weighted by Crippen LogP contribution is -2.49. The minimum atomic E-state index is -1.61. The molecule has 5 nitrogen and oxygen atoms in total. The third kappa shape index (κ3) is 2.70. The summed E-state index contributed by atoms with van der Waals surface area (Å²) in [6.07, 6.45) is 3.74. The molecule has 2 heterocycles. The van der Waals surface area contributed by atoms with Gasteiger partial charge in [0.1, 0.15) is 6.04 Å². The summed E-state index contributed by atoms with van der Waals surface area (Å²) >= 11 is 0. The highest BCUT2D eigenvalue weighted by Crippen LogP contribution is 2.55. The summed E-state index contributed by atoms with van der Waals surface area (Å²) in [5.74, 6) is -1.61. The van der Waals surface area contributed by atoms with Crippen LogP contribution >= 0.6 is 0 Å². The van der Waals surface area contributed by atoms with Gasteiger partial charge in [0.15, 0.2) is 11.2 Å². The van der Waals surface area contributed by atoms with E-state index in [0.29, 0.717) is 5.56 Å². The number of amides is 1. The maximum Gasteiger partial charge on any atom is 0.241 e. The van der Waals surface area contributed by atoms with Crippen LogP contribution in [-0.4, -0.2) is 23.8 Å². The Hall–Kier alpha value is -4.17. The van der Waals surface area contributed by atoms with Crippen LogP contribution in [0.3, 0.4) is 0 Å². The molecule has 2 aliphatic rings. The standard InChI is InChI=1S/C27H21N3O2/c28-17-27(26(29)32)22-16-15-18-9-7-8-14-21(18)30(22)24(23(27)19-10-3-1-4-11-19)25(31)20-12-5-2-6-13-20/h1-16,22-24H,(H2,29,32)/t22-,23+,24+,27+/m0/s1. The Morgan fingerprint density at radius 1 is 0.906 bits per heavy atom. The molecule has 0 unspecified atom stereocenters. The third-order valence-corrected chi connectivity index (χ3v) is 6.62. The van der Waals surface area contributed by atoms with E-state index in [1.54, 1.807) is 12.1 Å². The summed E-state index contributed by atoms with van der Waals surface area (Å²) in [5, 5.41) is 10.5. The molecule has 0 aliphatic carbocycles. The zero-order valence-electron chi connectivity index (χ0n) is 17.3. The lowest BCUT2D eigenvalue weighted by Gasteiger charge is -2.36. The first-order valence-electron chi connectivity index (χ1n) is 10.5. The van der Waals surface area contributed by atoms with Crippen molar-refractivity contribution in [2.24, 2.45) is 11.1 Å². The molecule has 4 atom stereocenters. The van der Waals surface area contributed by atoms with Crippen molar-refractivity contribution < 1.29 is 9.59 Å². The third-order valence-electron chi connectivity index (χ3n) is 6.62. The molecule has 5 heteroatoms. The van der Waals surface area contributed by atoms with Gasteiger partial charge in [0, 0.05) is 17.2 Å². The van der Waals surface area contributed by atoms with Crippen LogP contribution in [0.2, 0.25) is 0 Å². The Morgan fingerprint density at radius 2 is 1.53 bits per heavy atom. The zero-order chi connectivity index (χ0) is 22.3. The number of carbonyl (C=O) groups is 2. The number of primary amides is 1. The van der Waals surface area contributed by atoms with E-state index in [2.05, 4.69) is 6.07 Å². The van der Waals surface area contributed by atoms with Crippen molar-refractivity contribution in [2.45, 2.75) is 18.0 Å². The lowest BCUT2D eigenvalue weighted by molar-refractivity contribution is -0.125. The van der Waals surface area contributed by atoms with Crippen LogP contribution in [0.5, 0.6) is 0 Å². The molecule has 5 rings (SSSR count). The molecule has 3 aromatic carbocycles. The highest BCUT2D eigenvalue weighted by molar-refractivity contribution is 6.06. The van der Waals surface area contributed by atoms with Gasteiger partial charge in [0.25, 0.3) is 0 Å². The van der Waals surface area contributed by atoms with Crippen molar-refractivity contribution in [3.63, 3.8) is 0 Å². The fourth-order valence-electron chi connectivity index (χ4n) is 5.23. The summed E-state index contributed by atoms with van der Waals surface area (Å²) in [7, 11) is 0. The highest BCUT2D eigenvalue weighted by atomic mass is 16.1. The van der Waals surface area contributed by atoms with E-state index in [1.807, 2.05) is 89.8 Å². The number of hydrogen-bond acceptors (Lipinski definition) is 4. The highest BCUT2D eigenvalue weighted by Gasteiger charge is 2.65. The minimum Gasteiger partial charge on any atom is -0.368 e. The van der Waals surface area contributed by atoms with Gasteiger partial charge in [0.05, 0.1) is 12.1 Å². The van der Waals surface area contributed by atoms with Crippen LogP contribution in [0.4, 0.5) is 5.69 Å². The number of benzene rings is 3. The van der Waals surface area contributed by atoms with Gasteiger partial charge in [-0.3, -0.25) is 9.59 Å². The van der Waals surface area contributed by atoms with E-state index < -0.39 is 29.3 Å². The second-order valence-electron chi connectivity index (χ2n) is 8.18. The first-order valence-corrected chi connectivity index (χ1v) is 10.5. The monoisotopic (exact) mass is 419 g/mol. The van der Waals surface area contributed by atoms with Crippen molar-refractivity contribution in [3.8, 4) is 6.07 Å². The largest absolute Gasteiger partial charge is 0.368 e. The van der Waals surface area contributed by atoms with Gasteiger partial charge >= 0.3 is 0 Å². The SMILES string of the molecule is N#C[C@]1(C(N)=O)[C@H](c2ccccc2)[C@H](C(=O)c2ccccc2)N2c3ccccc3C=C[C@H]21. The van der Waals surface area contributed by atoms with E-state index in [4.69, 9.17) is 5.73 Å². The number of fused-ring (bicyclic) bond motifs is 3. The molecule has 1 saturated heterocycles. The quantitative estimate of drug-likeness (QED) is 0.649. The van der Waals surface area contributed by atoms with Gasteiger partial charge in [-0.2, -0.15) is 5.26 Å². The van der Waals surface area contributed by atoms with E-state index in [1.165, 1.54) is 0 Å². The number of nitrogens with zero attached hydrogens (tertiary/aromatic N) is 2. The topological polar surface area (TPSA) is 87.2 Å². The molecule has 0 saturated carbocycles.